The van der Waals surface area contributed by atoms with Crippen molar-refractivity contribution in [2.75, 3.05) is 5.32 Å². The molecule has 0 aliphatic rings. The van der Waals surface area contributed by atoms with Crippen molar-refractivity contribution >= 4 is 11.6 Å². The molecule has 1 amide bonds. The maximum Gasteiger partial charge on any atom is 0.260 e. The summed E-state index contributed by atoms with van der Waals surface area (Å²) in [5.74, 6) is -0.572. The van der Waals surface area contributed by atoms with Crippen LogP contribution in [0.4, 0.5) is 10.1 Å². The van der Waals surface area contributed by atoms with Crippen molar-refractivity contribution in [1.82, 2.24) is 4.98 Å². The van der Waals surface area contributed by atoms with E-state index in [1.165, 1.54) is 0 Å². The summed E-state index contributed by atoms with van der Waals surface area (Å²) in [6, 6.07) is 5.98. The maximum absolute atomic E-state index is 15.2. The van der Waals surface area contributed by atoms with Gasteiger partial charge in [-0.05, 0) is 50.2 Å². The lowest BCUT2D eigenvalue weighted by Gasteiger charge is -2.18. The molecule has 0 unspecified atom stereocenters. The molecule has 0 saturated heterocycles. The van der Waals surface area contributed by atoms with Crippen LogP contribution >= 0.6 is 0 Å². The lowest BCUT2D eigenvalue weighted by molar-refractivity contribution is 0.102. The van der Waals surface area contributed by atoms with Crippen molar-refractivity contribution in [2.45, 2.75) is 60.8 Å². The second-order valence-electron chi connectivity index (χ2n) is 7.16. The van der Waals surface area contributed by atoms with Crippen LogP contribution in [0.25, 0.3) is 0 Å². The number of amides is 1. The first-order valence-electron chi connectivity index (χ1n) is 9.37. The Labute approximate surface area is 156 Å². The first-order valence-corrected chi connectivity index (χ1v) is 9.37. The van der Waals surface area contributed by atoms with Gasteiger partial charge in [0, 0.05) is 16.9 Å². The van der Waals surface area contributed by atoms with Gasteiger partial charge >= 0.3 is 0 Å². The molecule has 0 radical (unpaired) electrons. The number of aromatic nitrogens is 1. The van der Waals surface area contributed by atoms with Crippen LogP contribution in [0.15, 0.2) is 18.2 Å². The Morgan fingerprint density at radius 1 is 1.12 bits per heavy atom. The normalized spacial score (nSPS) is 11.1. The zero-order valence-corrected chi connectivity index (χ0v) is 16.7. The molecule has 0 bridgehead atoms. The number of nitrogens with one attached hydrogen (secondary N) is 1. The highest BCUT2D eigenvalue weighted by molar-refractivity contribution is 6.06. The number of carbonyl (C=O) groups excluding carboxylic acids is 1. The van der Waals surface area contributed by atoms with Crippen LogP contribution < -0.4 is 5.32 Å². The van der Waals surface area contributed by atoms with Gasteiger partial charge in [0.2, 0.25) is 0 Å². The quantitative estimate of drug-likeness (QED) is 0.751. The molecule has 1 heterocycles. The van der Waals surface area contributed by atoms with Crippen LogP contribution in [0, 0.1) is 25.6 Å². The lowest BCUT2D eigenvalue weighted by Crippen LogP contribution is -2.20. The number of aryl methyl sites for hydroxylation is 4. The molecule has 140 valence electrons. The molecular formula is C22H29FN2O. The van der Waals surface area contributed by atoms with Gasteiger partial charge in [0.15, 0.2) is 0 Å². The molecule has 2 aromatic rings. The van der Waals surface area contributed by atoms with E-state index in [2.05, 4.69) is 10.3 Å². The van der Waals surface area contributed by atoms with Gasteiger partial charge < -0.3 is 5.32 Å². The summed E-state index contributed by atoms with van der Waals surface area (Å²) in [4.78, 5) is 17.4. The molecule has 1 aromatic heterocycles. The van der Waals surface area contributed by atoms with E-state index >= 15 is 4.39 Å². The molecular weight excluding hydrogens is 327 g/mol. The van der Waals surface area contributed by atoms with Crippen LogP contribution in [0.2, 0.25) is 0 Å². The van der Waals surface area contributed by atoms with Gasteiger partial charge in [-0.25, -0.2) is 4.39 Å². The zero-order valence-electron chi connectivity index (χ0n) is 16.7. The van der Waals surface area contributed by atoms with Crippen molar-refractivity contribution in [3.8, 4) is 0 Å². The molecule has 1 aromatic carbocycles. The number of hydrogen-bond acceptors (Lipinski definition) is 2. The highest BCUT2D eigenvalue weighted by Gasteiger charge is 2.23. The molecule has 3 nitrogen and oxygen atoms in total. The Morgan fingerprint density at radius 2 is 1.69 bits per heavy atom. The van der Waals surface area contributed by atoms with E-state index in [0.29, 0.717) is 23.4 Å². The fourth-order valence-electron chi connectivity index (χ4n) is 3.33. The van der Waals surface area contributed by atoms with E-state index in [1.54, 1.807) is 13.8 Å². The van der Waals surface area contributed by atoms with Crippen LogP contribution in [0.3, 0.4) is 0 Å². The Hall–Kier alpha value is -2.23. The molecule has 2 rings (SSSR count). The fourth-order valence-corrected chi connectivity index (χ4v) is 3.33. The standard InChI is InChI=1S/C22H29FN2O/c1-7-16-10-9-11-17(8-2)21(16)25-22(26)19-15(6)24-14(5)18(20(19)23)12-13(3)4/h9-11,13H,7-8,12H2,1-6H3,(H,25,26). The molecule has 0 spiro atoms. The molecule has 1 N–H and O–H groups in total. The lowest BCUT2D eigenvalue weighted by atomic mass is 9.97. The summed E-state index contributed by atoms with van der Waals surface area (Å²) in [5.41, 5.74) is 4.59. The van der Waals surface area contributed by atoms with E-state index in [0.717, 1.165) is 29.7 Å². The van der Waals surface area contributed by atoms with Gasteiger partial charge in [0.25, 0.3) is 5.91 Å². The van der Waals surface area contributed by atoms with Crippen LogP contribution in [0.5, 0.6) is 0 Å². The van der Waals surface area contributed by atoms with E-state index in [9.17, 15) is 4.79 Å². The van der Waals surface area contributed by atoms with Crippen molar-refractivity contribution in [1.29, 1.82) is 0 Å². The first kappa shape index (κ1) is 20.1. The van der Waals surface area contributed by atoms with E-state index in [-0.39, 0.29) is 11.5 Å². The topological polar surface area (TPSA) is 42.0 Å². The second kappa shape index (κ2) is 8.43. The van der Waals surface area contributed by atoms with Crippen molar-refractivity contribution in [3.63, 3.8) is 0 Å². The maximum atomic E-state index is 15.2. The predicted octanol–water partition coefficient (Wildman–Crippen LogP) is 5.41. The summed E-state index contributed by atoms with van der Waals surface area (Å²) in [6.45, 7) is 11.6. The van der Waals surface area contributed by atoms with Crippen molar-refractivity contribution in [3.05, 3.63) is 57.7 Å². The van der Waals surface area contributed by atoms with Gasteiger partial charge in [0.1, 0.15) is 5.82 Å². The molecule has 0 aliphatic carbocycles. The fraction of sp³-hybridized carbons (Fsp3) is 0.455. The zero-order chi connectivity index (χ0) is 19.4. The molecule has 0 aliphatic heterocycles. The minimum absolute atomic E-state index is 0.0548. The Morgan fingerprint density at radius 3 is 2.19 bits per heavy atom. The highest BCUT2D eigenvalue weighted by Crippen LogP contribution is 2.26. The number of nitrogens with zero attached hydrogens (tertiary/aromatic N) is 1. The largest absolute Gasteiger partial charge is 0.321 e. The SMILES string of the molecule is CCc1cccc(CC)c1NC(=O)c1c(C)nc(C)c(CC(C)C)c1F. The highest BCUT2D eigenvalue weighted by atomic mass is 19.1. The number of halogens is 1. The van der Waals surface area contributed by atoms with E-state index in [1.807, 2.05) is 45.9 Å². The molecule has 0 fully saturated rings. The summed E-state index contributed by atoms with van der Waals surface area (Å²) >= 11 is 0. The summed E-state index contributed by atoms with van der Waals surface area (Å²) in [7, 11) is 0. The summed E-state index contributed by atoms with van der Waals surface area (Å²) in [6.07, 6.45) is 2.17. The Bertz CT molecular complexity index is 790. The number of hydrogen-bond donors (Lipinski definition) is 1. The van der Waals surface area contributed by atoms with Gasteiger partial charge in [-0.3, -0.25) is 9.78 Å². The van der Waals surface area contributed by atoms with Crippen molar-refractivity contribution < 1.29 is 9.18 Å². The first-order chi connectivity index (χ1) is 12.3. The van der Waals surface area contributed by atoms with Gasteiger partial charge in [0.05, 0.1) is 11.3 Å². The number of benzene rings is 1. The summed E-state index contributed by atoms with van der Waals surface area (Å²) < 4.78 is 15.2. The van der Waals surface area contributed by atoms with Crippen LogP contribution in [-0.2, 0) is 19.3 Å². The number of para-hydroxylation sites is 1. The van der Waals surface area contributed by atoms with Gasteiger partial charge in [-0.15, -0.1) is 0 Å². The number of carbonyl (C=O) groups is 1. The monoisotopic (exact) mass is 356 g/mol. The van der Waals surface area contributed by atoms with Crippen LogP contribution in [0.1, 0.15) is 66.1 Å². The Kier molecular flexibility index (Phi) is 6.52. The van der Waals surface area contributed by atoms with E-state index in [4.69, 9.17) is 0 Å². The third kappa shape index (κ3) is 4.12. The van der Waals surface area contributed by atoms with Gasteiger partial charge in [-0.2, -0.15) is 0 Å². The smallest absolute Gasteiger partial charge is 0.260 e. The molecule has 4 heteroatoms. The minimum atomic E-state index is -0.437. The number of pyridine rings is 1. The van der Waals surface area contributed by atoms with Gasteiger partial charge in [-0.1, -0.05) is 45.9 Å². The Balaban J connectivity index is 2.49. The number of rotatable bonds is 6. The van der Waals surface area contributed by atoms with Crippen molar-refractivity contribution in [2.24, 2.45) is 5.92 Å². The second-order valence-corrected chi connectivity index (χ2v) is 7.16. The van der Waals surface area contributed by atoms with Crippen LogP contribution in [-0.4, -0.2) is 10.9 Å². The predicted molar refractivity (Wildman–Crippen MR) is 105 cm³/mol. The average Bonchev–Trinajstić information content (AvgIpc) is 2.58. The third-order valence-corrected chi connectivity index (χ3v) is 4.70. The molecule has 0 saturated carbocycles. The van der Waals surface area contributed by atoms with E-state index < -0.39 is 11.7 Å². The molecule has 0 atom stereocenters. The molecule has 26 heavy (non-hydrogen) atoms. The number of anilines is 1. The summed E-state index contributed by atoms with van der Waals surface area (Å²) in [5, 5.41) is 2.96. The average molecular weight is 356 g/mol. The third-order valence-electron chi connectivity index (χ3n) is 4.70. The minimum Gasteiger partial charge on any atom is -0.321 e.